The summed E-state index contributed by atoms with van der Waals surface area (Å²) in [6, 6.07) is 4.61. The predicted octanol–water partition coefficient (Wildman–Crippen LogP) is 3.60. The van der Waals surface area contributed by atoms with Crippen molar-refractivity contribution in [3.8, 4) is 17.1 Å². The summed E-state index contributed by atoms with van der Waals surface area (Å²) in [6.07, 6.45) is 5.28. The number of nitrogens with one attached hydrogen (secondary N) is 2. The molecule has 1 aliphatic heterocycles. The maximum absolute atomic E-state index is 14.3. The highest BCUT2D eigenvalue weighted by molar-refractivity contribution is 6.31. The molecule has 1 saturated carbocycles. The molecule has 3 aromatic heterocycles. The quantitative estimate of drug-likeness (QED) is 0.405. The Kier molecular flexibility index (Phi) is 7.06. The Bertz CT molecular complexity index is 1420. The number of pyridine rings is 2. The van der Waals surface area contributed by atoms with Crippen molar-refractivity contribution in [3.63, 3.8) is 0 Å². The number of aromatic nitrogens is 4. The molecule has 2 aliphatic rings. The minimum atomic E-state index is -1.07. The molecule has 0 unspecified atom stereocenters. The first-order valence-corrected chi connectivity index (χ1v) is 13.1. The molecule has 5 rings (SSSR count). The van der Waals surface area contributed by atoms with Crippen LogP contribution in [-0.4, -0.2) is 61.2 Å². The largest absolute Gasteiger partial charge is 0.481 e. The highest BCUT2D eigenvalue weighted by Gasteiger charge is 2.54. The molecule has 4 heterocycles. The van der Waals surface area contributed by atoms with Gasteiger partial charge < -0.3 is 20.1 Å². The summed E-state index contributed by atoms with van der Waals surface area (Å²) < 4.78 is 19.4. The van der Waals surface area contributed by atoms with Gasteiger partial charge in [-0.1, -0.05) is 11.6 Å². The van der Waals surface area contributed by atoms with E-state index in [0.29, 0.717) is 41.4 Å². The summed E-state index contributed by atoms with van der Waals surface area (Å²) in [5.41, 5.74) is 0.390. The molecule has 1 spiro atoms. The molecule has 3 aromatic rings. The highest BCUT2D eigenvalue weighted by Crippen LogP contribution is 2.50. The molecule has 10 nitrogen and oxygen atoms in total. The van der Waals surface area contributed by atoms with E-state index >= 15 is 0 Å². The zero-order valence-electron chi connectivity index (χ0n) is 21.9. The number of hydrogen-bond acceptors (Lipinski definition) is 7. The van der Waals surface area contributed by atoms with E-state index in [1.165, 1.54) is 19.2 Å². The van der Waals surface area contributed by atoms with E-state index in [-0.39, 0.29) is 47.0 Å². The normalized spacial score (nSPS) is 18.2. The molecule has 2 amide bonds. The average molecular weight is 557 g/mol. The topological polar surface area (TPSA) is 133 Å². The minimum Gasteiger partial charge on any atom is -0.481 e. The number of H-pyrrole nitrogens is 1. The van der Waals surface area contributed by atoms with Crippen LogP contribution in [0.15, 0.2) is 30.6 Å². The molecule has 39 heavy (non-hydrogen) atoms. The fourth-order valence-corrected chi connectivity index (χ4v) is 5.28. The number of likely N-dealkylation sites (tertiary alicyclic amines) is 1. The second-order valence-corrected chi connectivity index (χ2v) is 11.1. The second-order valence-electron chi connectivity index (χ2n) is 10.7. The van der Waals surface area contributed by atoms with Crippen molar-refractivity contribution in [1.82, 2.24) is 30.4 Å². The number of halogens is 2. The van der Waals surface area contributed by atoms with Gasteiger partial charge in [-0.3, -0.25) is 19.7 Å². The number of methoxy groups -OCH3 is 1. The lowest BCUT2D eigenvalue weighted by Gasteiger charge is -2.39. The maximum atomic E-state index is 14.3. The number of nitrogens with zero attached hydrogens (tertiary/aromatic N) is 4. The lowest BCUT2D eigenvalue weighted by molar-refractivity contribution is -0.127. The van der Waals surface area contributed by atoms with Crippen molar-refractivity contribution in [1.29, 1.82) is 0 Å². The van der Waals surface area contributed by atoms with Crippen molar-refractivity contribution < 1.29 is 23.8 Å². The van der Waals surface area contributed by atoms with Crippen LogP contribution < -0.4 is 10.1 Å². The molecule has 0 aromatic carbocycles. The van der Waals surface area contributed by atoms with E-state index in [4.69, 9.17) is 16.3 Å². The first-order chi connectivity index (χ1) is 18.5. The van der Waals surface area contributed by atoms with Crippen LogP contribution in [0.25, 0.3) is 11.3 Å². The van der Waals surface area contributed by atoms with Crippen LogP contribution in [0.4, 0.5) is 4.39 Å². The molecule has 2 fully saturated rings. The van der Waals surface area contributed by atoms with Crippen molar-refractivity contribution in [2.24, 2.45) is 5.92 Å². The molecule has 1 atom stereocenters. The Hall–Kier alpha value is -3.57. The lowest BCUT2D eigenvalue weighted by atomic mass is 9.88. The Morgan fingerprint density at radius 3 is 2.72 bits per heavy atom. The molecule has 1 saturated heterocycles. The predicted molar refractivity (Wildman–Crippen MR) is 140 cm³/mol. The van der Waals surface area contributed by atoms with Crippen molar-refractivity contribution in [3.05, 3.63) is 58.4 Å². The van der Waals surface area contributed by atoms with E-state index in [2.05, 4.69) is 25.5 Å². The fourth-order valence-electron chi connectivity index (χ4n) is 5.04. The molecular weight excluding hydrogens is 527 g/mol. The van der Waals surface area contributed by atoms with Gasteiger partial charge in [-0.2, -0.15) is 5.10 Å². The van der Waals surface area contributed by atoms with Gasteiger partial charge in [-0.15, -0.1) is 0 Å². The van der Waals surface area contributed by atoms with Gasteiger partial charge in [0.05, 0.1) is 41.9 Å². The summed E-state index contributed by atoms with van der Waals surface area (Å²) in [6.45, 7) is 3.88. The molecule has 1 aliphatic carbocycles. The van der Waals surface area contributed by atoms with Gasteiger partial charge in [-0.25, -0.2) is 9.37 Å². The van der Waals surface area contributed by atoms with Gasteiger partial charge in [0.15, 0.2) is 11.5 Å². The molecule has 0 bridgehead atoms. The second kappa shape index (κ2) is 10.2. The Morgan fingerprint density at radius 2 is 2.05 bits per heavy atom. The number of piperidine rings is 1. The van der Waals surface area contributed by atoms with Crippen LogP contribution >= 0.6 is 11.6 Å². The SMILES string of the molecule is COc1cc(-c2cc(C(=O)N3CC[C@H](C(=O)NCc4ncc(C(C)(C)O)cc4Cl)CC34CC4)n[nH]2)c(F)cn1. The van der Waals surface area contributed by atoms with Gasteiger partial charge >= 0.3 is 0 Å². The number of ether oxygens (including phenoxy) is 1. The Labute approximate surface area is 229 Å². The van der Waals surface area contributed by atoms with E-state index in [1.807, 2.05) is 0 Å². The van der Waals surface area contributed by atoms with Crippen LogP contribution in [0.5, 0.6) is 5.88 Å². The van der Waals surface area contributed by atoms with Crippen LogP contribution in [0.2, 0.25) is 5.02 Å². The van der Waals surface area contributed by atoms with Gasteiger partial charge in [0.1, 0.15) is 0 Å². The van der Waals surface area contributed by atoms with Gasteiger partial charge in [0.25, 0.3) is 5.91 Å². The number of aromatic amines is 1. The first-order valence-electron chi connectivity index (χ1n) is 12.7. The molecule has 12 heteroatoms. The van der Waals surface area contributed by atoms with Gasteiger partial charge in [-0.05, 0) is 51.7 Å². The average Bonchev–Trinajstić information content (AvgIpc) is 3.48. The summed E-state index contributed by atoms with van der Waals surface area (Å²) in [5, 5.41) is 20.3. The summed E-state index contributed by atoms with van der Waals surface area (Å²) in [5.74, 6) is -0.928. The number of amides is 2. The van der Waals surface area contributed by atoms with Crippen molar-refractivity contribution in [2.45, 2.75) is 57.2 Å². The number of aliphatic hydroxyl groups is 1. The zero-order valence-corrected chi connectivity index (χ0v) is 22.7. The van der Waals surface area contributed by atoms with Gasteiger partial charge in [0, 0.05) is 41.4 Å². The first kappa shape index (κ1) is 27.0. The van der Waals surface area contributed by atoms with Crippen LogP contribution in [0, 0.1) is 11.7 Å². The molecule has 206 valence electrons. The summed E-state index contributed by atoms with van der Waals surface area (Å²) in [7, 11) is 1.44. The lowest BCUT2D eigenvalue weighted by Crippen LogP contribution is -2.50. The van der Waals surface area contributed by atoms with Crippen molar-refractivity contribution in [2.75, 3.05) is 13.7 Å². The van der Waals surface area contributed by atoms with E-state index in [1.54, 1.807) is 31.0 Å². The zero-order chi connectivity index (χ0) is 27.9. The Morgan fingerprint density at radius 1 is 1.28 bits per heavy atom. The number of carbonyl (C=O) groups excluding carboxylic acids is 2. The molecule has 0 radical (unpaired) electrons. The molecule has 3 N–H and O–H groups in total. The summed E-state index contributed by atoms with van der Waals surface area (Å²) >= 11 is 6.33. The third-order valence-corrected chi connectivity index (χ3v) is 7.85. The number of rotatable bonds is 7. The van der Waals surface area contributed by atoms with E-state index in [9.17, 15) is 19.1 Å². The van der Waals surface area contributed by atoms with Crippen LogP contribution in [0.1, 0.15) is 61.3 Å². The Balaban J connectivity index is 1.22. The monoisotopic (exact) mass is 556 g/mol. The fraction of sp³-hybridized carbons (Fsp3) is 0.444. The summed E-state index contributed by atoms with van der Waals surface area (Å²) in [4.78, 5) is 36.4. The molecular formula is C27H30ClFN6O4. The number of hydrogen-bond donors (Lipinski definition) is 3. The van der Waals surface area contributed by atoms with Gasteiger partial charge in [0.2, 0.25) is 11.8 Å². The van der Waals surface area contributed by atoms with E-state index < -0.39 is 11.4 Å². The van der Waals surface area contributed by atoms with Crippen LogP contribution in [-0.2, 0) is 16.9 Å². The van der Waals surface area contributed by atoms with Crippen molar-refractivity contribution >= 4 is 23.4 Å². The standard InChI is InChI=1S/C27H30ClFN6O4/c1-26(2,38)16-8-18(28)22(30-12-16)14-32-24(36)15-4-7-35(27(11-15)5-6-27)25(37)21-10-20(33-34-21)17-9-23(39-3)31-13-19(17)29/h8-10,12-13,15,38H,4-7,11,14H2,1-3H3,(H,32,36)(H,33,34)/t15-/m0/s1. The highest BCUT2D eigenvalue weighted by atomic mass is 35.5. The minimum absolute atomic E-state index is 0.109. The number of carbonyl (C=O) groups is 2. The van der Waals surface area contributed by atoms with E-state index in [0.717, 1.165) is 19.0 Å². The third-order valence-electron chi connectivity index (χ3n) is 7.52. The smallest absolute Gasteiger partial charge is 0.274 e. The van der Waals surface area contributed by atoms with Crippen LogP contribution in [0.3, 0.4) is 0 Å². The third kappa shape index (κ3) is 5.46. The maximum Gasteiger partial charge on any atom is 0.274 e.